The van der Waals surface area contributed by atoms with Gasteiger partial charge in [0, 0.05) is 13.1 Å². The van der Waals surface area contributed by atoms with Crippen molar-refractivity contribution in [2.75, 3.05) is 40.4 Å². The lowest BCUT2D eigenvalue weighted by molar-refractivity contribution is -0.140. The number of halogens is 1. The number of carbonyl (C=O) groups excluding carboxylic acids is 1. The average Bonchev–Trinajstić information content (AvgIpc) is 2.60. The van der Waals surface area contributed by atoms with Gasteiger partial charge in [-0.3, -0.25) is 9.69 Å². The third kappa shape index (κ3) is 4.04. The minimum atomic E-state index is 0. The highest BCUT2D eigenvalue weighted by molar-refractivity contribution is 5.85. The van der Waals surface area contributed by atoms with Crippen molar-refractivity contribution in [2.24, 2.45) is 0 Å². The zero-order chi connectivity index (χ0) is 17.1. The van der Waals surface area contributed by atoms with Crippen LogP contribution in [0.3, 0.4) is 0 Å². The van der Waals surface area contributed by atoms with Gasteiger partial charge in [-0.05, 0) is 42.6 Å². The SMILES string of the molecule is CCCCCN1CC(=O)N2CCc3cc(OC)c(OC)cc3C2C1.Cl. The van der Waals surface area contributed by atoms with Gasteiger partial charge < -0.3 is 14.4 Å². The molecule has 5 nitrogen and oxygen atoms in total. The molecule has 1 fully saturated rings. The third-order valence-electron chi connectivity index (χ3n) is 5.19. The van der Waals surface area contributed by atoms with Crippen LogP contribution in [0.2, 0.25) is 0 Å². The number of rotatable bonds is 6. The average molecular weight is 369 g/mol. The molecule has 1 atom stereocenters. The van der Waals surface area contributed by atoms with Gasteiger partial charge in [0.15, 0.2) is 11.5 Å². The molecule has 0 saturated carbocycles. The van der Waals surface area contributed by atoms with E-state index in [4.69, 9.17) is 9.47 Å². The van der Waals surface area contributed by atoms with Crippen molar-refractivity contribution in [2.45, 2.75) is 38.6 Å². The molecule has 1 saturated heterocycles. The number of amides is 1. The Labute approximate surface area is 156 Å². The molecule has 0 N–H and O–H groups in total. The topological polar surface area (TPSA) is 42.0 Å². The molecule has 3 rings (SSSR count). The second-order valence-electron chi connectivity index (χ2n) is 6.70. The number of ether oxygens (including phenoxy) is 2. The van der Waals surface area contributed by atoms with Crippen LogP contribution >= 0.6 is 12.4 Å². The van der Waals surface area contributed by atoms with Crippen LogP contribution in [0.1, 0.15) is 43.4 Å². The molecule has 2 aliphatic rings. The Bertz CT molecular complexity index is 609. The summed E-state index contributed by atoms with van der Waals surface area (Å²) in [5, 5.41) is 0. The first-order valence-electron chi connectivity index (χ1n) is 8.94. The first-order valence-corrected chi connectivity index (χ1v) is 8.94. The Kier molecular flexibility index (Phi) is 6.96. The monoisotopic (exact) mass is 368 g/mol. The number of hydrogen-bond acceptors (Lipinski definition) is 4. The van der Waals surface area contributed by atoms with E-state index in [2.05, 4.69) is 24.0 Å². The van der Waals surface area contributed by atoms with Gasteiger partial charge in [-0.1, -0.05) is 19.8 Å². The van der Waals surface area contributed by atoms with E-state index in [1.807, 2.05) is 4.90 Å². The molecular weight excluding hydrogens is 340 g/mol. The van der Waals surface area contributed by atoms with Crippen LogP contribution in [0.25, 0.3) is 0 Å². The molecule has 25 heavy (non-hydrogen) atoms. The summed E-state index contributed by atoms with van der Waals surface area (Å²) in [6.45, 7) is 5.49. The Balaban J connectivity index is 0.00000225. The minimum Gasteiger partial charge on any atom is -0.493 e. The summed E-state index contributed by atoms with van der Waals surface area (Å²) < 4.78 is 10.9. The van der Waals surface area contributed by atoms with E-state index >= 15 is 0 Å². The molecule has 0 radical (unpaired) electrons. The van der Waals surface area contributed by atoms with E-state index in [9.17, 15) is 4.79 Å². The largest absolute Gasteiger partial charge is 0.493 e. The smallest absolute Gasteiger partial charge is 0.237 e. The van der Waals surface area contributed by atoms with Crippen LogP contribution in [-0.2, 0) is 11.2 Å². The molecule has 2 aliphatic heterocycles. The van der Waals surface area contributed by atoms with Gasteiger partial charge in [-0.25, -0.2) is 0 Å². The molecule has 0 spiro atoms. The standard InChI is InChI=1S/C19H28N2O3.ClH/c1-4-5-6-8-20-12-16-15-11-18(24-3)17(23-2)10-14(15)7-9-21(16)19(22)13-20;/h10-11,16H,4-9,12-13H2,1-3H3;1H. The summed E-state index contributed by atoms with van der Waals surface area (Å²) in [5.74, 6) is 1.77. The number of benzene rings is 1. The number of unbranched alkanes of at least 4 members (excludes halogenated alkanes) is 2. The number of piperazine rings is 1. The number of hydrogen-bond donors (Lipinski definition) is 0. The van der Waals surface area contributed by atoms with Gasteiger partial charge >= 0.3 is 0 Å². The fourth-order valence-corrected chi connectivity index (χ4v) is 3.87. The summed E-state index contributed by atoms with van der Waals surface area (Å²) in [7, 11) is 3.33. The van der Waals surface area contributed by atoms with Crippen molar-refractivity contribution in [1.29, 1.82) is 0 Å². The van der Waals surface area contributed by atoms with Gasteiger partial charge in [0.1, 0.15) is 0 Å². The second-order valence-corrected chi connectivity index (χ2v) is 6.70. The minimum absolute atomic E-state index is 0. The molecule has 1 unspecified atom stereocenters. The molecule has 1 aromatic rings. The van der Waals surface area contributed by atoms with Gasteiger partial charge in [-0.2, -0.15) is 0 Å². The van der Waals surface area contributed by atoms with Crippen molar-refractivity contribution in [3.63, 3.8) is 0 Å². The summed E-state index contributed by atoms with van der Waals surface area (Å²) in [6, 6.07) is 4.27. The van der Waals surface area contributed by atoms with Crippen LogP contribution in [0, 0.1) is 0 Å². The first-order chi connectivity index (χ1) is 11.7. The Morgan fingerprint density at radius 1 is 1.16 bits per heavy atom. The number of methoxy groups -OCH3 is 2. The molecule has 2 heterocycles. The van der Waals surface area contributed by atoms with E-state index in [1.165, 1.54) is 24.0 Å². The summed E-state index contributed by atoms with van der Waals surface area (Å²) in [6.07, 6.45) is 4.47. The number of nitrogens with zero attached hydrogens (tertiary/aromatic N) is 2. The fourth-order valence-electron chi connectivity index (χ4n) is 3.87. The molecule has 0 bridgehead atoms. The summed E-state index contributed by atoms with van der Waals surface area (Å²) in [5.41, 5.74) is 2.49. The Morgan fingerprint density at radius 3 is 2.56 bits per heavy atom. The molecular formula is C19H29ClN2O3. The maximum absolute atomic E-state index is 12.6. The Hall–Kier alpha value is -1.46. The van der Waals surface area contributed by atoms with Gasteiger partial charge in [-0.15, -0.1) is 12.4 Å². The van der Waals surface area contributed by atoms with Gasteiger partial charge in [0.25, 0.3) is 0 Å². The lowest BCUT2D eigenvalue weighted by Crippen LogP contribution is -2.54. The number of carbonyl (C=O) groups is 1. The molecule has 0 aliphatic carbocycles. The highest BCUT2D eigenvalue weighted by Crippen LogP contribution is 2.39. The maximum Gasteiger partial charge on any atom is 0.237 e. The Morgan fingerprint density at radius 2 is 1.88 bits per heavy atom. The quantitative estimate of drug-likeness (QED) is 0.724. The summed E-state index contributed by atoms with van der Waals surface area (Å²) >= 11 is 0. The normalized spacial score (nSPS) is 19.7. The van der Waals surface area contributed by atoms with Crippen LogP contribution in [0.15, 0.2) is 12.1 Å². The van der Waals surface area contributed by atoms with E-state index < -0.39 is 0 Å². The maximum atomic E-state index is 12.6. The van der Waals surface area contributed by atoms with Crippen LogP contribution in [0.5, 0.6) is 11.5 Å². The van der Waals surface area contributed by atoms with Gasteiger partial charge in [0.05, 0.1) is 26.8 Å². The highest BCUT2D eigenvalue weighted by atomic mass is 35.5. The zero-order valence-corrected chi connectivity index (χ0v) is 16.2. The lowest BCUT2D eigenvalue weighted by atomic mass is 9.90. The van der Waals surface area contributed by atoms with Crippen molar-refractivity contribution in [3.8, 4) is 11.5 Å². The van der Waals surface area contributed by atoms with E-state index in [0.717, 1.165) is 44.0 Å². The second kappa shape index (κ2) is 8.77. The van der Waals surface area contributed by atoms with Crippen LogP contribution in [-0.4, -0.2) is 56.1 Å². The van der Waals surface area contributed by atoms with Crippen molar-refractivity contribution in [3.05, 3.63) is 23.3 Å². The fraction of sp³-hybridized carbons (Fsp3) is 0.632. The molecule has 1 aromatic carbocycles. The summed E-state index contributed by atoms with van der Waals surface area (Å²) in [4.78, 5) is 16.9. The number of fused-ring (bicyclic) bond motifs is 3. The zero-order valence-electron chi connectivity index (χ0n) is 15.4. The van der Waals surface area contributed by atoms with Crippen molar-refractivity contribution in [1.82, 2.24) is 9.80 Å². The van der Waals surface area contributed by atoms with Crippen molar-refractivity contribution < 1.29 is 14.3 Å². The van der Waals surface area contributed by atoms with Crippen molar-refractivity contribution >= 4 is 18.3 Å². The van der Waals surface area contributed by atoms with E-state index in [1.54, 1.807) is 14.2 Å². The highest BCUT2D eigenvalue weighted by Gasteiger charge is 2.37. The van der Waals surface area contributed by atoms with Crippen LogP contribution in [0.4, 0.5) is 0 Å². The van der Waals surface area contributed by atoms with E-state index in [0.29, 0.717) is 6.54 Å². The molecule has 1 amide bonds. The molecule has 0 aromatic heterocycles. The predicted molar refractivity (Wildman–Crippen MR) is 101 cm³/mol. The molecule has 6 heteroatoms. The van der Waals surface area contributed by atoms with Crippen LogP contribution < -0.4 is 9.47 Å². The lowest BCUT2D eigenvalue weighted by Gasteiger charge is -2.44. The van der Waals surface area contributed by atoms with Gasteiger partial charge in [0.2, 0.25) is 5.91 Å². The predicted octanol–water partition coefficient (Wildman–Crippen LogP) is 3.06. The first kappa shape index (κ1) is 19.9. The molecule has 140 valence electrons. The van der Waals surface area contributed by atoms with E-state index in [-0.39, 0.29) is 24.4 Å². The third-order valence-corrected chi connectivity index (χ3v) is 5.19.